The van der Waals surface area contributed by atoms with Gasteiger partial charge in [0.15, 0.2) is 0 Å². The van der Waals surface area contributed by atoms with Crippen molar-refractivity contribution in [1.82, 2.24) is 10.5 Å². The number of hydrogen-bond acceptors (Lipinski definition) is 3. The van der Waals surface area contributed by atoms with Gasteiger partial charge < -0.3 is 9.84 Å². The second-order valence-corrected chi connectivity index (χ2v) is 3.92. The fourth-order valence-electron chi connectivity index (χ4n) is 1.73. The molecular formula is C10H16N2O. The summed E-state index contributed by atoms with van der Waals surface area (Å²) in [5.74, 6) is 1.11. The average molecular weight is 180 g/mol. The van der Waals surface area contributed by atoms with Crippen molar-refractivity contribution in [3.8, 4) is 0 Å². The summed E-state index contributed by atoms with van der Waals surface area (Å²) in [5, 5.41) is 7.43. The number of fused-ring (bicyclic) bond motifs is 1. The molecule has 0 saturated heterocycles. The first-order chi connectivity index (χ1) is 6.27. The molecule has 0 unspecified atom stereocenters. The molecule has 0 aromatic carbocycles. The molecule has 2 rings (SSSR count). The largest absolute Gasteiger partial charge is 0.361 e. The summed E-state index contributed by atoms with van der Waals surface area (Å²) < 4.78 is 5.25. The van der Waals surface area contributed by atoms with Gasteiger partial charge in [0, 0.05) is 24.6 Å². The molecular weight excluding hydrogens is 164 g/mol. The molecule has 0 amide bonds. The van der Waals surface area contributed by atoms with Crippen LogP contribution >= 0.6 is 0 Å². The summed E-state index contributed by atoms with van der Waals surface area (Å²) >= 11 is 0. The number of nitrogens with zero attached hydrogens (tertiary/aromatic N) is 1. The Balaban J connectivity index is 2.04. The van der Waals surface area contributed by atoms with E-state index in [0.717, 1.165) is 30.8 Å². The van der Waals surface area contributed by atoms with E-state index in [1.165, 1.54) is 12.0 Å². The molecule has 3 nitrogen and oxygen atoms in total. The molecule has 1 aliphatic carbocycles. The lowest BCUT2D eigenvalue weighted by Gasteiger charge is -2.05. The van der Waals surface area contributed by atoms with E-state index in [0.29, 0.717) is 6.04 Å². The highest BCUT2D eigenvalue weighted by Gasteiger charge is 2.20. The quantitative estimate of drug-likeness (QED) is 0.768. The predicted molar refractivity (Wildman–Crippen MR) is 50.5 cm³/mol. The Hall–Kier alpha value is -0.830. The van der Waals surface area contributed by atoms with Gasteiger partial charge in [0.1, 0.15) is 11.5 Å². The number of aryl methyl sites for hydroxylation is 1. The Morgan fingerprint density at radius 2 is 2.31 bits per heavy atom. The van der Waals surface area contributed by atoms with Crippen LogP contribution in [0.15, 0.2) is 4.52 Å². The van der Waals surface area contributed by atoms with Crippen molar-refractivity contribution in [3.05, 3.63) is 17.0 Å². The summed E-state index contributed by atoms with van der Waals surface area (Å²) in [5.41, 5.74) is 2.47. The first-order valence-corrected chi connectivity index (χ1v) is 4.97. The first kappa shape index (κ1) is 8.75. The molecule has 3 heteroatoms. The molecule has 0 saturated carbocycles. The monoisotopic (exact) mass is 180 g/mol. The molecule has 0 spiro atoms. The van der Waals surface area contributed by atoms with Crippen molar-refractivity contribution in [2.24, 2.45) is 0 Å². The molecule has 0 aliphatic heterocycles. The third kappa shape index (κ3) is 1.75. The number of nitrogens with one attached hydrogen (secondary N) is 1. The van der Waals surface area contributed by atoms with Crippen LogP contribution in [0, 0.1) is 0 Å². The Morgan fingerprint density at radius 1 is 1.46 bits per heavy atom. The van der Waals surface area contributed by atoms with E-state index < -0.39 is 0 Å². The normalized spacial score (nSPS) is 15.3. The van der Waals surface area contributed by atoms with Crippen LogP contribution in [-0.2, 0) is 19.4 Å². The minimum atomic E-state index is 0.508. The van der Waals surface area contributed by atoms with Crippen molar-refractivity contribution in [2.45, 2.75) is 45.7 Å². The van der Waals surface area contributed by atoms with Crippen LogP contribution in [0.25, 0.3) is 0 Å². The molecule has 1 aliphatic rings. The van der Waals surface area contributed by atoms with Gasteiger partial charge in [0.25, 0.3) is 0 Å². The molecule has 72 valence electrons. The Labute approximate surface area is 78.5 Å². The lowest BCUT2D eigenvalue weighted by molar-refractivity contribution is 0.376. The fraction of sp³-hybridized carbons (Fsp3) is 0.700. The van der Waals surface area contributed by atoms with Crippen LogP contribution in [0.5, 0.6) is 0 Å². The molecule has 1 aromatic rings. The van der Waals surface area contributed by atoms with Gasteiger partial charge in [-0.2, -0.15) is 0 Å². The van der Waals surface area contributed by atoms with Crippen LogP contribution in [0.1, 0.15) is 37.3 Å². The van der Waals surface area contributed by atoms with Crippen LogP contribution in [0.4, 0.5) is 0 Å². The van der Waals surface area contributed by atoms with Crippen LogP contribution in [-0.4, -0.2) is 11.2 Å². The van der Waals surface area contributed by atoms with Crippen molar-refractivity contribution in [3.63, 3.8) is 0 Å². The molecule has 13 heavy (non-hydrogen) atoms. The lowest BCUT2D eigenvalue weighted by atomic mass is 10.2. The summed E-state index contributed by atoms with van der Waals surface area (Å²) in [6, 6.07) is 0.508. The van der Waals surface area contributed by atoms with Crippen molar-refractivity contribution in [2.75, 3.05) is 0 Å². The lowest BCUT2D eigenvalue weighted by Crippen LogP contribution is -2.22. The van der Waals surface area contributed by atoms with Gasteiger partial charge in [-0.1, -0.05) is 19.0 Å². The zero-order valence-corrected chi connectivity index (χ0v) is 8.26. The van der Waals surface area contributed by atoms with Crippen LogP contribution < -0.4 is 5.32 Å². The van der Waals surface area contributed by atoms with Gasteiger partial charge in [0.2, 0.25) is 0 Å². The van der Waals surface area contributed by atoms with Crippen LogP contribution in [0.2, 0.25) is 0 Å². The van der Waals surface area contributed by atoms with Crippen LogP contribution in [0.3, 0.4) is 0 Å². The van der Waals surface area contributed by atoms with E-state index in [4.69, 9.17) is 4.52 Å². The van der Waals surface area contributed by atoms with E-state index >= 15 is 0 Å². The molecule has 1 N–H and O–H groups in total. The summed E-state index contributed by atoms with van der Waals surface area (Å²) in [6.07, 6.45) is 3.45. The number of aromatic nitrogens is 1. The topological polar surface area (TPSA) is 38.1 Å². The van der Waals surface area contributed by atoms with Gasteiger partial charge in [-0.05, 0) is 12.8 Å². The maximum absolute atomic E-state index is 5.25. The van der Waals surface area contributed by atoms with Gasteiger partial charge >= 0.3 is 0 Å². The summed E-state index contributed by atoms with van der Waals surface area (Å²) in [4.78, 5) is 0. The molecule has 0 fully saturated rings. The molecule has 1 aromatic heterocycles. The average Bonchev–Trinajstić information content (AvgIpc) is 2.60. The Bertz CT molecular complexity index is 291. The Morgan fingerprint density at radius 3 is 3.08 bits per heavy atom. The summed E-state index contributed by atoms with van der Waals surface area (Å²) in [6.45, 7) is 5.12. The second-order valence-electron chi connectivity index (χ2n) is 3.92. The Kier molecular flexibility index (Phi) is 2.36. The summed E-state index contributed by atoms with van der Waals surface area (Å²) in [7, 11) is 0. The molecule has 0 radical (unpaired) electrons. The maximum Gasteiger partial charge on any atom is 0.140 e. The smallest absolute Gasteiger partial charge is 0.140 e. The highest BCUT2D eigenvalue weighted by atomic mass is 16.5. The second kappa shape index (κ2) is 3.50. The van der Waals surface area contributed by atoms with Gasteiger partial charge in [-0.25, -0.2) is 0 Å². The van der Waals surface area contributed by atoms with Gasteiger partial charge in [-0.3, -0.25) is 0 Å². The molecule has 0 atom stereocenters. The van der Waals surface area contributed by atoms with E-state index in [-0.39, 0.29) is 0 Å². The number of rotatable bonds is 3. The zero-order chi connectivity index (χ0) is 9.26. The fourth-order valence-corrected chi connectivity index (χ4v) is 1.73. The third-order valence-corrected chi connectivity index (χ3v) is 2.46. The van der Waals surface area contributed by atoms with Crippen molar-refractivity contribution < 1.29 is 4.52 Å². The SMILES string of the molecule is CC(C)NCc1noc2c1CCC2. The minimum absolute atomic E-state index is 0.508. The predicted octanol–water partition coefficient (Wildman–Crippen LogP) is 1.66. The maximum atomic E-state index is 5.25. The van der Waals surface area contributed by atoms with Crippen molar-refractivity contribution >= 4 is 0 Å². The molecule has 1 heterocycles. The zero-order valence-electron chi connectivity index (χ0n) is 8.26. The van der Waals surface area contributed by atoms with Crippen molar-refractivity contribution in [1.29, 1.82) is 0 Å². The highest BCUT2D eigenvalue weighted by molar-refractivity contribution is 5.27. The third-order valence-electron chi connectivity index (χ3n) is 2.46. The minimum Gasteiger partial charge on any atom is -0.361 e. The van der Waals surface area contributed by atoms with E-state index in [1.54, 1.807) is 0 Å². The highest BCUT2D eigenvalue weighted by Crippen LogP contribution is 2.24. The molecule has 0 bridgehead atoms. The first-order valence-electron chi connectivity index (χ1n) is 4.97. The van der Waals surface area contributed by atoms with E-state index in [1.807, 2.05) is 0 Å². The van der Waals surface area contributed by atoms with E-state index in [2.05, 4.69) is 24.3 Å². The van der Waals surface area contributed by atoms with E-state index in [9.17, 15) is 0 Å². The van der Waals surface area contributed by atoms with Gasteiger partial charge in [-0.15, -0.1) is 0 Å². The number of hydrogen-bond donors (Lipinski definition) is 1. The standard InChI is InChI=1S/C10H16N2O/c1-7(2)11-6-9-8-4-3-5-10(8)13-12-9/h7,11H,3-6H2,1-2H3. The van der Waals surface area contributed by atoms with Gasteiger partial charge in [0.05, 0.1) is 0 Å².